The summed E-state index contributed by atoms with van der Waals surface area (Å²) in [4.78, 5) is 10.0. The monoisotopic (exact) mass is 429 g/mol. The third-order valence-corrected chi connectivity index (χ3v) is 6.33. The molecule has 2 atom stereocenters. The molecule has 26 heavy (non-hydrogen) atoms. The van der Waals surface area contributed by atoms with Crippen molar-refractivity contribution in [2.45, 2.75) is 46.4 Å². The van der Waals surface area contributed by atoms with Gasteiger partial charge in [0.2, 0.25) is 0 Å². The second kappa shape index (κ2) is 10.6. The Morgan fingerprint density at radius 3 is 2.00 bits per heavy atom. The van der Waals surface area contributed by atoms with Gasteiger partial charge in [-0.15, -0.1) is 23.2 Å². The predicted octanol–water partition coefficient (Wildman–Crippen LogP) is 4.52. The zero-order valence-corrected chi connectivity index (χ0v) is 17.7. The van der Waals surface area contributed by atoms with Gasteiger partial charge in [0, 0.05) is 23.8 Å². The minimum absolute atomic E-state index is 0.115. The Kier molecular flexibility index (Phi) is 9.58. The van der Waals surface area contributed by atoms with Gasteiger partial charge in [-0.2, -0.15) is 0 Å². The number of hydrogen-bond donors (Lipinski definition) is 2. The molecule has 1 heterocycles. The molecule has 8 nitrogen and oxygen atoms in total. The molecule has 150 valence electrons. The van der Waals surface area contributed by atoms with Gasteiger partial charge in [0.15, 0.2) is 0 Å². The summed E-state index contributed by atoms with van der Waals surface area (Å²) in [6, 6.07) is 2.11. The fourth-order valence-corrected chi connectivity index (χ4v) is 5.24. The minimum atomic E-state index is -3.55. The van der Waals surface area contributed by atoms with Crippen LogP contribution in [0, 0.1) is 22.0 Å². The zero-order valence-electron chi connectivity index (χ0n) is 15.3. The lowest BCUT2D eigenvalue weighted by Gasteiger charge is -2.31. The van der Waals surface area contributed by atoms with Crippen LogP contribution >= 0.6 is 30.9 Å². The van der Waals surface area contributed by atoms with Gasteiger partial charge in [0.25, 0.3) is 0 Å². The number of alkyl halides is 2. The van der Waals surface area contributed by atoms with Crippen LogP contribution in [0.25, 0.3) is 0 Å². The number of furan rings is 1. The van der Waals surface area contributed by atoms with E-state index in [0.717, 1.165) is 0 Å². The van der Waals surface area contributed by atoms with Crippen molar-refractivity contribution in [2.75, 3.05) is 11.8 Å². The van der Waals surface area contributed by atoms with E-state index in [1.165, 1.54) is 12.1 Å². The van der Waals surface area contributed by atoms with Crippen molar-refractivity contribution in [1.82, 2.24) is 10.2 Å². The molecule has 2 N–H and O–H groups in total. The minimum Gasteiger partial charge on any atom is -0.403 e. The average molecular weight is 430 g/mol. The molecule has 0 aliphatic rings. The van der Waals surface area contributed by atoms with Crippen molar-refractivity contribution in [3.8, 4) is 0 Å². The molecule has 0 saturated heterocycles. The Morgan fingerprint density at radius 2 is 1.65 bits per heavy atom. The van der Waals surface area contributed by atoms with Crippen molar-refractivity contribution in [1.29, 1.82) is 0 Å². The molecule has 0 amide bonds. The number of rotatable bonds is 12. The first-order valence-corrected chi connectivity index (χ1v) is 11.0. The number of nitrogens with zero attached hydrogens (tertiary/aromatic N) is 1. The topological polar surface area (TPSA) is 107 Å². The van der Waals surface area contributed by atoms with Gasteiger partial charge in [-0.25, -0.2) is 10.2 Å². The van der Waals surface area contributed by atoms with E-state index in [9.17, 15) is 14.7 Å². The van der Waals surface area contributed by atoms with E-state index in [-0.39, 0.29) is 48.0 Å². The van der Waals surface area contributed by atoms with Crippen LogP contribution in [-0.4, -0.2) is 28.8 Å². The standard InChI is InChI=1S/C15H26Cl2N3O5P/c1-10(2)13(7-16)18-26(23,19-14(8-17)11(3)4)24-9-12-5-6-15(25-12)20(21)22/h5-6,10-11,13-14H,7-9H2,1-4H3,(H2,18,19,23)/t13-,14-/m0/s1. The molecule has 0 saturated carbocycles. The molecule has 1 rings (SSSR count). The SMILES string of the molecule is CC(C)[C@H](CCl)NP(=O)(N[C@@H](CCl)C(C)C)OCc1ccc([N+](=O)[O-])o1. The van der Waals surface area contributed by atoms with E-state index >= 15 is 0 Å². The molecule has 0 radical (unpaired) electrons. The van der Waals surface area contributed by atoms with Crippen LogP contribution in [0.2, 0.25) is 0 Å². The molecule has 0 aliphatic carbocycles. The second-order valence-electron chi connectivity index (χ2n) is 6.59. The zero-order chi connectivity index (χ0) is 19.9. The predicted molar refractivity (Wildman–Crippen MR) is 103 cm³/mol. The van der Waals surface area contributed by atoms with Gasteiger partial charge in [0.05, 0.1) is 6.07 Å². The van der Waals surface area contributed by atoms with Crippen LogP contribution < -0.4 is 10.2 Å². The Balaban J connectivity index is 2.94. The van der Waals surface area contributed by atoms with E-state index in [1.807, 2.05) is 27.7 Å². The van der Waals surface area contributed by atoms with E-state index in [0.29, 0.717) is 0 Å². The van der Waals surface area contributed by atoms with E-state index in [4.69, 9.17) is 32.1 Å². The van der Waals surface area contributed by atoms with Crippen molar-refractivity contribution in [3.05, 3.63) is 28.0 Å². The molecular weight excluding hydrogens is 404 g/mol. The van der Waals surface area contributed by atoms with Crippen LogP contribution in [0.1, 0.15) is 33.5 Å². The number of hydrogen-bond acceptors (Lipinski definition) is 5. The third-order valence-electron chi connectivity index (χ3n) is 3.83. The maximum absolute atomic E-state index is 13.3. The summed E-state index contributed by atoms with van der Waals surface area (Å²) in [7, 11) is -3.55. The van der Waals surface area contributed by atoms with Crippen molar-refractivity contribution in [2.24, 2.45) is 11.8 Å². The summed E-state index contributed by atoms with van der Waals surface area (Å²) < 4.78 is 24.0. The smallest absolute Gasteiger partial charge is 0.403 e. The van der Waals surface area contributed by atoms with Crippen molar-refractivity contribution >= 4 is 36.8 Å². The first kappa shape index (κ1) is 23.4. The Labute approximate surface area is 163 Å². The Hall–Kier alpha value is -0.630. The number of nitro groups is 1. The summed E-state index contributed by atoms with van der Waals surface area (Å²) in [5.41, 5.74) is 0. The van der Waals surface area contributed by atoms with E-state index < -0.39 is 18.5 Å². The van der Waals surface area contributed by atoms with Crippen LogP contribution in [0.5, 0.6) is 0 Å². The summed E-state index contributed by atoms with van der Waals surface area (Å²) in [6.45, 7) is 7.58. The number of halogens is 2. The fourth-order valence-electron chi connectivity index (χ4n) is 1.97. The molecule has 0 bridgehead atoms. The lowest BCUT2D eigenvalue weighted by molar-refractivity contribution is -0.402. The van der Waals surface area contributed by atoms with Gasteiger partial charge in [-0.3, -0.25) is 19.2 Å². The van der Waals surface area contributed by atoms with Crippen molar-refractivity contribution in [3.63, 3.8) is 0 Å². The highest BCUT2D eigenvalue weighted by atomic mass is 35.5. The lowest BCUT2D eigenvalue weighted by atomic mass is 10.1. The van der Waals surface area contributed by atoms with Crippen LogP contribution in [0.3, 0.4) is 0 Å². The van der Waals surface area contributed by atoms with Gasteiger partial charge in [-0.1, -0.05) is 27.7 Å². The summed E-state index contributed by atoms with van der Waals surface area (Å²) in [5.74, 6) is 0.507. The maximum atomic E-state index is 13.3. The molecule has 0 fully saturated rings. The summed E-state index contributed by atoms with van der Waals surface area (Å²) >= 11 is 11.9. The lowest BCUT2D eigenvalue weighted by Crippen LogP contribution is -2.42. The number of nitrogens with one attached hydrogen (secondary N) is 2. The van der Waals surface area contributed by atoms with Crippen LogP contribution in [-0.2, 0) is 15.7 Å². The van der Waals surface area contributed by atoms with Gasteiger partial charge in [-0.05, 0) is 17.9 Å². The van der Waals surface area contributed by atoms with Gasteiger partial charge in [0.1, 0.15) is 17.3 Å². The molecule has 0 unspecified atom stereocenters. The van der Waals surface area contributed by atoms with E-state index in [1.54, 1.807) is 0 Å². The normalized spacial score (nSPS) is 14.8. The molecule has 1 aromatic rings. The largest absolute Gasteiger partial charge is 0.433 e. The molecule has 1 aromatic heterocycles. The van der Waals surface area contributed by atoms with E-state index in [2.05, 4.69) is 10.2 Å². The highest BCUT2D eigenvalue weighted by molar-refractivity contribution is 7.54. The van der Waals surface area contributed by atoms with Crippen LogP contribution in [0.15, 0.2) is 16.5 Å². The Morgan fingerprint density at radius 1 is 1.15 bits per heavy atom. The van der Waals surface area contributed by atoms with Gasteiger partial charge < -0.3 is 4.42 Å². The van der Waals surface area contributed by atoms with Crippen LogP contribution in [0.4, 0.5) is 5.88 Å². The third kappa shape index (κ3) is 7.18. The maximum Gasteiger partial charge on any atom is 0.433 e. The first-order chi connectivity index (χ1) is 12.1. The Bertz CT molecular complexity index is 604. The first-order valence-electron chi connectivity index (χ1n) is 8.27. The summed E-state index contributed by atoms with van der Waals surface area (Å²) in [6.07, 6.45) is 0. The van der Waals surface area contributed by atoms with Gasteiger partial charge >= 0.3 is 13.6 Å². The quantitative estimate of drug-likeness (QED) is 0.217. The highest BCUT2D eigenvalue weighted by Crippen LogP contribution is 2.42. The fraction of sp³-hybridized carbons (Fsp3) is 0.733. The average Bonchev–Trinajstić information content (AvgIpc) is 3.05. The highest BCUT2D eigenvalue weighted by Gasteiger charge is 2.32. The molecule has 0 aromatic carbocycles. The molecule has 11 heteroatoms. The molecule has 0 aliphatic heterocycles. The molecule has 0 spiro atoms. The summed E-state index contributed by atoms with van der Waals surface area (Å²) in [5, 5.41) is 16.6. The second-order valence-corrected chi connectivity index (χ2v) is 9.08. The van der Waals surface area contributed by atoms with Crippen molar-refractivity contribution < 1.29 is 18.4 Å². The molecular formula is C15H26Cl2N3O5P.